The molecule has 4 heterocycles. The minimum atomic E-state index is 0.0362. The molecule has 3 aliphatic rings. The van der Waals surface area contributed by atoms with E-state index in [9.17, 15) is 4.79 Å². The van der Waals surface area contributed by atoms with E-state index in [-0.39, 0.29) is 5.91 Å². The lowest BCUT2D eigenvalue weighted by atomic mass is 9.94. The average Bonchev–Trinajstić information content (AvgIpc) is 3.58. The SMILES string of the molecule is Cc1ncc(C(=O)N2CCC(c3nc(C)c4c(n3)N(CC3CC3)CCC4)CC2)c(C)n1. The summed E-state index contributed by atoms with van der Waals surface area (Å²) in [7, 11) is 0. The van der Waals surface area contributed by atoms with Gasteiger partial charge < -0.3 is 9.80 Å². The predicted molar refractivity (Wildman–Crippen MR) is 119 cm³/mol. The Hall–Kier alpha value is -2.57. The van der Waals surface area contributed by atoms with Crippen LogP contribution in [-0.4, -0.2) is 56.9 Å². The van der Waals surface area contributed by atoms with E-state index in [0.29, 0.717) is 17.3 Å². The van der Waals surface area contributed by atoms with Crippen LogP contribution in [0.4, 0.5) is 5.82 Å². The highest BCUT2D eigenvalue weighted by Crippen LogP contribution is 2.36. The number of nitrogens with zero attached hydrogens (tertiary/aromatic N) is 6. The van der Waals surface area contributed by atoms with Crippen LogP contribution in [-0.2, 0) is 6.42 Å². The van der Waals surface area contributed by atoms with Crippen LogP contribution >= 0.6 is 0 Å². The summed E-state index contributed by atoms with van der Waals surface area (Å²) in [6.45, 7) is 9.58. The average molecular weight is 421 g/mol. The van der Waals surface area contributed by atoms with Crippen molar-refractivity contribution in [1.29, 1.82) is 0 Å². The first kappa shape index (κ1) is 20.3. The van der Waals surface area contributed by atoms with Crippen LogP contribution in [0.3, 0.4) is 0 Å². The Morgan fingerprint density at radius 3 is 2.48 bits per heavy atom. The maximum absolute atomic E-state index is 13.0. The molecule has 1 saturated carbocycles. The third kappa shape index (κ3) is 4.14. The number of piperidine rings is 1. The van der Waals surface area contributed by atoms with Gasteiger partial charge in [-0.3, -0.25) is 4.79 Å². The monoisotopic (exact) mass is 420 g/mol. The Kier molecular flexibility index (Phi) is 5.36. The van der Waals surface area contributed by atoms with Crippen LogP contribution in [0.25, 0.3) is 0 Å². The summed E-state index contributed by atoms with van der Waals surface area (Å²) in [5.74, 6) is 4.06. The molecule has 2 fully saturated rings. The van der Waals surface area contributed by atoms with Crippen molar-refractivity contribution < 1.29 is 4.79 Å². The number of fused-ring (bicyclic) bond motifs is 1. The fourth-order valence-corrected chi connectivity index (χ4v) is 4.99. The fourth-order valence-electron chi connectivity index (χ4n) is 4.99. The summed E-state index contributed by atoms with van der Waals surface area (Å²) in [6, 6.07) is 0. The molecule has 1 saturated heterocycles. The number of amides is 1. The van der Waals surface area contributed by atoms with Crippen molar-refractivity contribution in [3.05, 3.63) is 40.4 Å². The minimum Gasteiger partial charge on any atom is -0.356 e. The first-order valence-electron chi connectivity index (χ1n) is 11.7. The number of likely N-dealkylation sites (tertiary alicyclic amines) is 1. The molecule has 0 bridgehead atoms. The number of carbonyl (C=O) groups excluding carboxylic acids is 1. The van der Waals surface area contributed by atoms with Gasteiger partial charge in [-0.1, -0.05) is 0 Å². The quantitative estimate of drug-likeness (QED) is 0.755. The highest BCUT2D eigenvalue weighted by atomic mass is 16.2. The largest absolute Gasteiger partial charge is 0.356 e. The van der Waals surface area contributed by atoms with E-state index >= 15 is 0 Å². The molecule has 1 aliphatic carbocycles. The van der Waals surface area contributed by atoms with Crippen molar-refractivity contribution >= 4 is 11.7 Å². The van der Waals surface area contributed by atoms with Crippen molar-refractivity contribution in [1.82, 2.24) is 24.8 Å². The molecule has 5 rings (SSSR count). The first-order chi connectivity index (χ1) is 15.0. The Morgan fingerprint density at radius 1 is 1.00 bits per heavy atom. The maximum atomic E-state index is 13.0. The first-order valence-corrected chi connectivity index (χ1v) is 11.7. The molecule has 7 heteroatoms. The van der Waals surface area contributed by atoms with E-state index < -0.39 is 0 Å². The van der Waals surface area contributed by atoms with Crippen LogP contribution in [0.2, 0.25) is 0 Å². The molecule has 31 heavy (non-hydrogen) atoms. The molecule has 164 valence electrons. The van der Waals surface area contributed by atoms with Gasteiger partial charge in [-0.15, -0.1) is 0 Å². The molecule has 0 spiro atoms. The van der Waals surface area contributed by atoms with Gasteiger partial charge in [0.25, 0.3) is 5.91 Å². The van der Waals surface area contributed by atoms with Gasteiger partial charge in [0.2, 0.25) is 0 Å². The molecule has 2 aliphatic heterocycles. The third-order valence-corrected chi connectivity index (χ3v) is 7.02. The number of anilines is 1. The number of hydrogen-bond donors (Lipinski definition) is 0. The van der Waals surface area contributed by atoms with Crippen LogP contribution in [0, 0.1) is 26.7 Å². The highest BCUT2D eigenvalue weighted by Gasteiger charge is 2.31. The van der Waals surface area contributed by atoms with E-state index in [0.717, 1.165) is 68.6 Å². The Labute approximate surface area is 184 Å². The summed E-state index contributed by atoms with van der Waals surface area (Å²) in [5.41, 5.74) is 3.86. The van der Waals surface area contributed by atoms with Crippen molar-refractivity contribution in [2.75, 3.05) is 31.1 Å². The molecule has 0 radical (unpaired) electrons. The molecule has 2 aromatic rings. The van der Waals surface area contributed by atoms with E-state index in [1.807, 2.05) is 18.7 Å². The van der Waals surface area contributed by atoms with Crippen LogP contribution < -0.4 is 4.90 Å². The number of aromatic nitrogens is 4. The zero-order valence-electron chi connectivity index (χ0n) is 18.9. The number of rotatable bonds is 4. The molecule has 0 aromatic carbocycles. The lowest BCUT2D eigenvalue weighted by Crippen LogP contribution is -2.39. The van der Waals surface area contributed by atoms with Gasteiger partial charge in [0, 0.05) is 49.6 Å². The minimum absolute atomic E-state index is 0.0362. The summed E-state index contributed by atoms with van der Waals surface area (Å²) in [6.07, 6.45) is 8.48. The maximum Gasteiger partial charge on any atom is 0.257 e. The Balaban J connectivity index is 1.30. The smallest absolute Gasteiger partial charge is 0.257 e. The van der Waals surface area contributed by atoms with E-state index in [2.05, 4.69) is 21.8 Å². The standard InChI is InChI=1S/C24H32N6O/c1-15-20-5-4-10-30(14-18-6-7-18)23(20)28-22(27-15)19-8-11-29(12-9-19)24(31)21-13-25-17(3)26-16(21)2/h13,18-19H,4-12,14H2,1-3H3. The lowest BCUT2D eigenvalue weighted by Gasteiger charge is -2.34. The van der Waals surface area contributed by atoms with Gasteiger partial charge in [-0.05, 0) is 65.2 Å². The van der Waals surface area contributed by atoms with Gasteiger partial charge in [-0.2, -0.15) is 0 Å². The van der Waals surface area contributed by atoms with Crippen molar-refractivity contribution in [3.8, 4) is 0 Å². The normalized spacial score (nSPS) is 19.5. The number of hydrogen-bond acceptors (Lipinski definition) is 6. The molecular weight excluding hydrogens is 388 g/mol. The molecule has 0 atom stereocenters. The Morgan fingerprint density at radius 2 is 1.77 bits per heavy atom. The van der Waals surface area contributed by atoms with Gasteiger partial charge in [0.1, 0.15) is 17.5 Å². The molecule has 1 amide bonds. The van der Waals surface area contributed by atoms with Gasteiger partial charge in [-0.25, -0.2) is 19.9 Å². The second-order valence-electron chi connectivity index (χ2n) is 9.45. The van der Waals surface area contributed by atoms with Crippen LogP contribution in [0.15, 0.2) is 6.20 Å². The van der Waals surface area contributed by atoms with E-state index in [4.69, 9.17) is 9.97 Å². The van der Waals surface area contributed by atoms with Crippen molar-refractivity contribution in [2.24, 2.45) is 5.92 Å². The summed E-state index contributed by atoms with van der Waals surface area (Å²) in [4.78, 5) is 36.0. The summed E-state index contributed by atoms with van der Waals surface area (Å²) in [5, 5.41) is 0. The third-order valence-electron chi connectivity index (χ3n) is 7.02. The summed E-state index contributed by atoms with van der Waals surface area (Å²) >= 11 is 0. The second kappa shape index (κ2) is 8.17. The van der Waals surface area contributed by atoms with Gasteiger partial charge >= 0.3 is 0 Å². The van der Waals surface area contributed by atoms with Crippen LogP contribution in [0.1, 0.15) is 77.0 Å². The lowest BCUT2D eigenvalue weighted by molar-refractivity contribution is 0.0709. The fraction of sp³-hybridized carbons (Fsp3) is 0.625. The van der Waals surface area contributed by atoms with E-state index in [1.165, 1.54) is 30.6 Å². The molecule has 2 aromatic heterocycles. The van der Waals surface area contributed by atoms with Crippen LogP contribution in [0.5, 0.6) is 0 Å². The van der Waals surface area contributed by atoms with Gasteiger partial charge in [0.05, 0.1) is 11.3 Å². The molecule has 0 N–H and O–H groups in total. The van der Waals surface area contributed by atoms with Crippen molar-refractivity contribution in [2.45, 2.75) is 65.2 Å². The Bertz CT molecular complexity index is 994. The topological polar surface area (TPSA) is 75.1 Å². The molecule has 0 unspecified atom stereocenters. The second-order valence-corrected chi connectivity index (χ2v) is 9.45. The number of carbonyl (C=O) groups is 1. The van der Waals surface area contributed by atoms with Gasteiger partial charge in [0.15, 0.2) is 0 Å². The molecule has 7 nitrogen and oxygen atoms in total. The van der Waals surface area contributed by atoms with Crippen molar-refractivity contribution in [3.63, 3.8) is 0 Å². The molecular formula is C24H32N6O. The zero-order valence-corrected chi connectivity index (χ0v) is 18.9. The highest BCUT2D eigenvalue weighted by molar-refractivity contribution is 5.95. The number of aryl methyl sites for hydroxylation is 3. The predicted octanol–water partition coefficient (Wildman–Crippen LogP) is 3.37. The zero-order chi connectivity index (χ0) is 21.5. The summed E-state index contributed by atoms with van der Waals surface area (Å²) < 4.78 is 0. The van der Waals surface area contributed by atoms with E-state index in [1.54, 1.807) is 6.20 Å².